The second-order valence-corrected chi connectivity index (χ2v) is 7.06. The average Bonchev–Trinajstić information content (AvgIpc) is 3.04. The van der Waals surface area contributed by atoms with Crippen LogP contribution in [0.2, 0.25) is 0 Å². The van der Waals surface area contributed by atoms with Gasteiger partial charge in [0.15, 0.2) is 6.04 Å². The van der Waals surface area contributed by atoms with E-state index in [1.807, 2.05) is 0 Å². The lowest BCUT2D eigenvalue weighted by molar-refractivity contribution is -0.173. The molecule has 0 radical (unpaired) electrons. The number of rotatable bonds is 5. The molecule has 0 saturated carbocycles. The van der Waals surface area contributed by atoms with Gasteiger partial charge >= 0.3 is 6.18 Å². The minimum Gasteiger partial charge on any atom is -0.383 e. The number of methoxy groups -OCH3 is 1. The molecule has 146 valence electrons. The van der Waals surface area contributed by atoms with Gasteiger partial charge in [0, 0.05) is 24.5 Å². The van der Waals surface area contributed by atoms with Crippen molar-refractivity contribution in [2.24, 2.45) is 0 Å². The summed E-state index contributed by atoms with van der Waals surface area (Å²) in [5.41, 5.74) is 0.771. The van der Waals surface area contributed by atoms with Crippen LogP contribution in [0.1, 0.15) is 34.4 Å². The molecule has 0 fully saturated rings. The zero-order valence-corrected chi connectivity index (χ0v) is 16.0. The van der Waals surface area contributed by atoms with Crippen molar-refractivity contribution >= 4 is 27.7 Å². The quantitative estimate of drug-likeness (QED) is 0.687. The summed E-state index contributed by atoms with van der Waals surface area (Å²) in [7, 11) is 1.49. The van der Waals surface area contributed by atoms with E-state index in [9.17, 15) is 18.0 Å². The van der Waals surface area contributed by atoms with E-state index in [0.717, 1.165) is 15.4 Å². The van der Waals surface area contributed by atoms with Gasteiger partial charge < -0.3 is 15.4 Å². The van der Waals surface area contributed by atoms with Crippen LogP contribution in [0.15, 0.2) is 34.9 Å². The number of anilines is 1. The fourth-order valence-electron chi connectivity index (χ4n) is 3.00. The summed E-state index contributed by atoms with van der Waals surface area (Å²) in [5.74, 6) is -0.440. The summed E-state index contributed by atoms with van der Waals surface area (Å²) in [6, 6.07) is 4.62. The molecule has 0 saturated heterocycles. The Labute approximate surface area is 162 Å². The van der Waals surface area contributed by atoms with E-state index in [4.69, 9.17) is 4.74 Å². The number of fused-ring (bicyclic) bond motifs is 1. The molecule has 1 aromatic carbocycles. The molecule has 1 aliphatic heterocycles. The van der Waals surface area contributed by atoms with E-state index in [-0.39, 0.29) is 24.3 Å². The molecule has 2 N–H and O–H groups in total. The number of carbonyl (C=O) groups excluding carboxylic acids is 1. The lowest BCUT2D eigenvalue weighted by Crippen LogP contribution is -2.36. The number of halogens is 4. The fourth-order valence-corrected chi connectivity index (χ4v) is 3.27. The lowest BCUT2D eigenvalue weighted by Gasteiger charge is -2.34. The summed E-state index contributed by atoms with van der Waals surface area (Å²) < 4.78 is 47.4. The summed E-state index contributed by atoms with van der Waals surface area (Å²) in [4.78, 5) is 12.3. The van der Waals surface area contributed by atoms with Gasteiger partial charge in [-0.2, -0.15) is 18.3 Å². The molecule has 3 rings (SSSR count). The van der Waals surface area contributed by atoms with Crippen LogP contribution in [0.25, 0.3) is 0 Å². The topological polar surface area (TPSA) is 68.2 Å². The molecule has 1 aliphatic rings. The largest absolute Gasteiger partial charge is 0.410 e. The lowest BCUT2D eigenvalue weighted by atomic mass is 9.96. The van der Waals surface area contributed by atoms with Crippen molar-refractivity contribution in [3.8, 4) is 0 Å². The van der Waals surface area contributed by atoms with Crippen molar-refractivity contribution < 1.29 is 22.7 Å². The number of alkyl halides is 3. The molecule has 6 nitrogen and oxygen atoms in total. The van der Waals surface area contributed by atoms with Crippen molar-refractivity contribution in [2.75, 3.05) is 25.6 Å². The highest BCUT2D eigenvalue weighted by atomic mass is 79.9. The highest BCUT2D eigenvalue weighted by molar-refractivity contribution is 9.10. The van der Waals surface area contributed by atoms with E-state index in [0.29, 0.717) is 12.2 Å². The van der Waals surface area contributed by atoms with Crippen LogP contribution < -0.4 is 10.6 Å². The second-order valence-electron chi connectivity index (χ2n) is 6.14. The van der Waals surface area contributed by atoms with Gasteiger partial charge in [0.1, 0.15) is 11.4 Å². The predicted molar refractivity (Wildman–Crippen MR) is 96.7 cm³/mol. The second kappa shape index (κ2) is 7.89. The number of carbonyl (C=O) groups is 1. The number of benzene rings is 1. The van der Waals surface area contributed by atoms with E-state index >= 15 is 0 Å². The molecule has 2 atom stereocenters. The van der Waals surface area contributed by atoms with E-state index in [1.54, 1.807) is 24.3 Å². The molecule has 10 heteroatoms. The third-order valence-electron chi connectivity index (χ3n) is 4.35. The molecule has 0 aliphatic carbocycles. The van der Waals surface area contributed by atoms with Crippen LogP contribution in [0, 0.1) is 0 Å². The molecule has 0 bridgehead atoms. The predicted octanol–water partition coefficient (Wildman–Crippen LogP) is 3.68. The minimum absolute atomic E-state index is 0.0615. The Balaban J connectivity index is 1.93. The number of hydrogen-bond acceptors (Lipinski definition) is 4. The number of hydrogen-bond donors (Lipinski definition) is 2. The van der Waals surface area contributed by atoms with Crippen molar-refractivity contribution in [3.05, 3.63) is 46.1 Å². The van der Waals surface area contributed by atoms with Crippen molar-refractivity contribution in [2.45, 2.75) is 24.7 Å². The minimum atomic E-state index is -4.49. The Morgan fingerprint density at radius 2 is 2.11 bits per heavy atom. The maximum Gasteiger partial charge on any atom is 0.410 e. The third kappa shape index (κ3) is 4.27. The van der Waals surface area contributed by atoms with Crippen molar-refractivity contribution in [1.29, 1.82) is 0 Å². The molecule has 1 amide bonds. The van der Waals surface area contributed by atoms with Gasteiger partial charge in [-0.25, -0.2) is 4.68 Å². The number of nitrogens with zero attached hydrogens (tertiary/aromatic N) is 2. The Kier molecular flexibility index (Phi) is 5.75. The Hall–Kier alpha value is -2.07. The first kappa shape index (κ1) is 19.7. The van der Waals surface area contributed by atoms with Crippen LogP contribution >= 0.6 is 15.9 Å². The number of nitrogens with one attached hydrogen (secondary N) is 2. The molecular weight excluding hydrogens is 429 g/mol. The van der Waals surface area contributed by atoms with E-state index in [1.165, 1.54) is 7.11 Å². The standard InChI is InChI=1S/C17H18BrF3N4O2/c1-27-7-6-22-16(26)12-9-23-25-14(17(19,20)21)8-13(24-15(12)25)10-2-4-11(18)5-3-10/h2-5,9,13-14,24H,6-8H2,1H3,(H,22,26)/t13-,14+/m0/s1. The number of aromatic nitrogens is 2. The number of amides is 1. The first-order chi connectivity index (χ1) is 12.8. The van der Waals surface area contributed by atoms with Crippen molar-refractivity contribution in [1.82, 2.24) is 15.1 Å². The molecular formula is C17H18BrF3N4O2. The van der Waals surface area contributed by atoms with E-state index < -0.39 is 24.2 Å². The van der Waals surface area contributed by atoms with Gasteiger partial charge in [-0.1, -0.05) is 28.1 Å². The van der Waals surface area contributed by atoms with Gasteiger partial charge in [-0.3, -0.25) is 4.79 Å². The van der Waals surface area contributed by atoms with Crippen molar-refractivity contribution in [3.63, 3.8) is 0 Å². The Morgan fingerprint density at radius 3 is 2.74 bits per heavy atom. The highest BCUT2D eigenvalue weighted by Crippen LogP contribution is 2.44. The summed E-state index contributed by atoms with van der Waals surface area (Å²) in [6.45, 7) is 0.550. The number of ether oxygens (including phenoxy) is 1. The van der Waals surface area contributed by atoms with Crippen LogP contribution in [-0.4, -0.2) is 42.1 Å². The Bertz CT molecular complexity index is 808. The first-order valence-corrected chi connectivity index (χ1v) is 9.04. The normalized spacial score (nSPS) is 19.3. The SMILES string of the molecule is COCCNC(=O)c1cnn2c1N[C@H](c1ccc(Br)cc1)C[C@@H]2C(F)(F)F. The third-order valence-corrected chi connectivity index (χ3v) is 4.88. The molecule has 1 aromatic heterocycles. The van der Waals surface area contributed by atoms with Gasteiger partial charge in [0.05, 0.1) is 18.8 Å². The van der Waals surface area contributed by atoms with Crippen LogP contribution in [0.5, 0.6) is 0 Å². The molecule has 27 heavy (non-hydrogen) atoms. The maximum absolute atomic E-state index is 13.6. The first-order valence-electron chi connectivity index (χ1n) is 8.24. The van der Waals surface area contributed by atoms with Crippen LogP contribution in [-0.2, 0) is 4.74 Å². The summed E-state index contributed by atoms with van der Waals surface area (Å²) >= 11 is 3.32. The molecule has 0 unspecified atom stereocenters. The molecule has 2 heterocycles. The molecule has 2 aromatic rings. The monoisotopic (exact) mass is 446 g/mol. The zero-order valence-electron chi connectivity index (χ0n) is 14.4. The summed E-state index contributed by atoms with van der Waals surface area (Å²) in [5, 5.41) is 9.49. The van der Waals surface area contributed by atoms with Crippen LogP contribution in [0.4, 0.5) is 19.0 Å². The van der Waals surface area contributed by atoms with Gasteiger partial charge in [0.2, 0.25) is 0 Å². The van der Waals surface area contributed by atoms with E-state index in [2.05, 4.69) is 31.7 Å². The van der Waals surface area contributed by atoms with Gasteiger partial charge in [-0.15, -0.1) is 0 Å². The Morgan fingerprint density at radius 1 is 1.41 bits per heavy atom. The van der Waals surface area contributed by atoms with Gasteiger partial charge in [0.25, 0.3) is 5.91 Å². The zero-order chi connectivity index (χ0) is 19.6. The fraction of sp³-hybridized carbons (Fsp3) is 0.412. The summed E-state index contributed by atoms with van der Waals surface area (Å²) in [6.07, 6.45) is -3.54. The smallest absolute Gasteiger partial charge is 0.383 e. The van der Waals surface area contributed by atoms with Crippen LogP contribution in [0.3, 0.4) is 0 Å². The molecule has 0 spiro atoms. The average molecular weight is 447 g/mol. The van der Waals surface area contributed by atoms with Gasteiger partial charge in [-0.05, 0) is 17.7 Å². The highest BCUT2D eigenvalue weighted by Gasteiger charge is 2.47. The maximum atomic E-state index is 13.6.